The Balaban J connectivity index is 3.06. The number of aliphatic hydroxyl groups is 1. The maximum absolute atomic E-state index is 11.8. The number of ketones is 1. The van der Waals surface area contributed by atoms with E-state index in [0.717, 1.165) is 12.0 Å². The van der Waals surface area contributed by atoms with Crippen LogP contribution in [-0.2, 0) is 4.79 Å². The topological polar surface area (TPSA) is 37.3 Å². The maximum Gasteiger partial charge on any atom is 0.164 e. The van der Waals surface area contributed by atoms with Crippen LogP contribution in [0.5, 0.6) is 0 Å². The van der Waals surface area contributed by atoms with Crippen LogP contribution in [0.2, 0.25) is 0 Å². The summed E-state index contributed by atoms with van der Waals surface area (Å²) in [6, 6.07) is 0. The van der Waals surface area contributed by atoms with Gasteiger partial charge in [-0.1, -0.05) is 38.2 Å². The predicted octanol–water partition coefficient (Wildman–Crippen LogP) is 2.88. The van der Waals surface area contributed by atoms with Crippen molar-refractivity contribution in [2.45, 2.75) is 46.1 Å². The third kappa shape index (κ3) is 2.43. The van der Waals surface area contributed by atoms with Gasteiger partial charge in [-0.2, -0.15) is 0 Å². The van der Waals surface area contributed by atoms with Gasteiger partial charge < -0.3 is 5.11 Å². The molecule has 1 aliphatic carbocycles. The normalized spacial score (nSPS) is 34.3. The van der Waals surface area contributed by atoms with E-state index >= 15 is 0 Å². The number of rotatable bonds is 2. The molecule has 0 aromatic carbocycles. The molecule has 0 amide bonds. The molecule has 0 radical (unpaired) electrons. The highest BCUT2D eigenvalue weighted by Gasteiger charge is 2.49. The van der Waals surface area contributed by atoms with E-state index in [0.29, 0.717) is 6.42 Å². The quantitative estimate of drug-likeness (QED) is 0.729. The summed E-state index contributed by atoms with van der Waals surface area (Å²) in [7, 11) is 0. The Kier molecular flexibility index (Phi) is 3.44. The highest BCUT2D eigenvalue weighted by molar-refractivity contribution is 5.88. The van der Waals surface area contributed by atoms with Crippen LogP contribution in [-0.4, -0.2) is 16.5 Å². The summed E-state index contributed by atoms with van der Waals surface area (Å²) in [6.45, 7) is 11.5. The van der Waals surface area contributed by atoms with Crippen LogP contribution in [0, 0.1) is 11.3 Å². The third-order valence-electron chi connectivity index (χ3n) is 3.58. The van der Waals surface area contributed by atoms with Crippen molar-refractivity contribution < 1.29 is 9.90 Å². The van der Waals surface area contributed by atoms with Crippen molar-refractivity contribution in [1.82, 2.24) is 0 Å². The van der Waals surface area contributed by atoms with Crippen LogP contribution < -0.4 is 0 Å². The molecule has 0 aliphatic heterocycles. The molecule has 0 aromatic heterocycles. The van der Waals surface area contributed by atoms with Gasteiger partial charge in [0.05, 0.1) is 0 Å². The standard InChI is InChI=1S/C14H22O2/c1-10(2)6-7-11-13(3,4)9-8-12(15)14(11,5)16/h6-7,11,16H,1,8-9H2,2-5H3. The molecular formula is C14H22O2. The maximum atomic E-state index is 11.8. The van der Waals surface area contributed by atoms with E-state index in [1.165, 1.54) is 0 Å². The van der Waals surface area contributed by atoms with E-state index in [4.69, 9.17) is 0 Å². The van der Waals surface area contributed by atoms with E-state index in [1.54, 1.807) is 6.92 Å². The fraction of sp³-hybridized carbons (Fsp3) is 0.643. The smallest absolute Gasteiger partial charge is 0.164 e. The minimum absolute atomic E-state index is 0.0522. The Morgan fingerprint density at radius 3 is 2.56 bits per heavy atom. The van der Waals surface area contributed by atoms with E-state index in [9.17, 15) is 9.90 Å². The lowest BCUT2D eigenvalue weighted by molar-refractivity contribution is -0.150. The van der Waals surface area contributed by atoms with E-state index in [2.05, 4.69) is 20.4 Å². The van der Waals surface area contributed by atoms with Gasteiger partial charge in [0.1, 0.15) is 5.60 Å². The highest BCUT2D eigenvalue weighted by atomic mass is 16.3. The lowest BCUT2D eigenvalue weighted by Crippen LogP contribution is -2.52. The van der Waals surface area contributed by atoms with Crippen molar-refractivity contribution in [3.05, 3.63) is 24.3 Å². The molecule has 0 spiro atoms. The largest absolute Gasteiger partial charge is 0.382 e. The molecule has 0 aromatic rings. The Hall–Kier alpha value is -0.890. The van der Waals surface area contributed by atoms with Gasteiger partial charge in [-0.05, 0) is 25.7 Å². The van der Waals surface area contributed by atoms with Crippen molar-refractivity contribution in [2.75, 3.05) is 0 Å². The predicted molar refractivity (Wildman–Crippen MR) is 66.1 cm³/mol. The monoisotopic (exact) mass is 222 g/mol. The first-order chi connectivity index (χ1) is 7.18. The lowest BCUT2D eigenvalue weighted by atomic mass is 9.61. The summed E-state index contributed by atoms with van der Waals surface area (Å²) in [6.07, 6.45) is 5.11. The average Bonchev–Trinajstić information content (AvgIpc) is 2.11. The van der Waals surface area contributed by atoms with Gasteiger partial charge in [-0.15, -0.1) is 0 Å². The van der Waals surface area contributed by atoms with Crippen LogP contribution in [0.15, 0.2) is 24.3 Å². The average molecular weight is 222 g/mol. The first kappa shape index (κ1) is 13.2. The van der Waals surface area contributed by atoms with Gasteiger partial charge in [0, 0.05) is 12.3 Å². The van der Waals surface area contributed by atoms with Gasteiger partial charge in [0.25, 0.3) is 0 Å². The molecule has 0 saturated heterocycles. The number of hydrogen-bond donors (Lipinski definition) is 1. The van der Waals surface area contributed by atoms with Crippen LogP contribution >= 0.6 is 0 Å². The lowest BCUT2D eigenvalue weighted by Gasteiger charge is -2.45. The minimum atomic E-state index is -1.24. The van der Waals surface area contributed by atoms with E-state index < -0.39 is 5.60 Å². The van der Waals surface area contributed by atoms with Gasteiger partial charge in [0.2, 0.25) is 0 Å². The molecule has 16 heavy (non-hydrogen) atoms. The number of carbonyl (C=O) groups is 1. The SMILES string of the molecule is C=C(C)C=CC1C(C)(C)CCC(=O)C1(C)O. The van der Waals surface area contributed by atoms with Crippen LogP contribution in [0.4, 0.5) is 0 Å². The Labute approximate surface area is 98.1 Å². The molecule has 1 aliphatic rings. The molecule has 1 N–H and O–H groups in total. The zero-order chi connectivity index (χ0) is 12.6. The number of hydrogen-bond acceptors (Lipinski definition) is 2. The van der Waals surface area contributed by atoms with Crippen molar-refractivity contribution in [3.8, 4) is 0 Å². The Morgan fingerprint density at radius 1 is 1.50 bits per heavy atom. The summed E-state index contributed by atoms with van der Waals surface area (Å²) in [5.41, 5.74) is -0.360. The fourth-order valence-corrected chi connectivity index (χ4v) is 2.49. The van der Waals surface area contributed by atoms with Crippen LogP contribution in [0.1, 0.15) is 40.5 Å². The Morgan fingerprint density at radius 2 is 2.06 bits per heavy atom. The zero-order valence-corrected chi connectivity index (χ0v) is 10.7. The highest BCUT2D eigenvalue weighted by Crippen LogP contribution is 2.45. The van der Waals surface area contributed by atoms with Crippen molar-refractivity contribution >= 4 is 5.78 Å². The molecule has 1 fully saturated rings. The van der Waals surface area contributed by atoms with Crippen molar-refractivity contribution in [3.63, 3.8) is 0 Å². The van der Waals surface area contributed by atoms with Gasteiger partial charge in [-0.25, -0.2) is 0 Å². The third-order valence-corrected chi connectivity index (χ3v) is 3.58. The second-order valence-electron chi connectivity index (χ2n) is 5.74. The zero-order valence-electron chi connectivity index (χ0n) is 10.7. The summed E-state index contributed by atoms with van der Waals surface area (Å²) in [5.74, 6) is -0.193. The molecular weight excluding hydrogens is 200 g/mol. The summed E-state index contributed by atoms with van der Waals surface area (Å²) < 4.78 is 0. The van der Waals surface area contributed by atoms with Gasteiger partial charge in [-0.3, -0.25) is 4.79 Å². The summed E-state index contributed by atoms with van der Waals surface area (Å²) >= 11 is 0. The molecule has 2 atom stereocenters. The van der Waals surface area contributed by atoms with Crippen LogP contribution in [0.25, 0.3) is 0 Å². The fourth-order valence-electron chi connectivity index (χ4n) is 2.49. The van der Waals surface area contributed by atoms with Crippen molar-refractivity contribution in [2.24, 2.45) is 11.3 Å². The number of carbonyl (C=O) groups excluding carboxylic acids is 1. The first-order valence-corrected chi connectivity index (χ1v) is 5.77. The first-order valence-electron chi connectivity index (χ1n) is 5.77. The molecule has 0 heterocycles. The number of Topliss-reactive ketones (excluding diaryl/α,β-unsaturated/α-hetero) is 1. The van der Waals surface area contributed by atoms with Gasteiger partial charge in [0.15, 0.2) is 5.78 Å². The molecule has 2 unspecified atom stereocenters. The second-order valence-corrected chi connectivity index (χ2v) is 5.74. The minimum Gasteiger partial charge on any atom is -0.382 e. The number of allylic oxidation sites excluding steroid dienone is 2. The molecule has 0 bridgehead atoms. The van der Waals surface area contributed by atoms with E-state index in [-0.39, 0.29) is 17.1 Å². The van der Waals surface area contributed by atoms with Crippen LogP contribution in [0.3, 0.4) is 0 Å². The molecule has 2 nitrogen and oxygen atoms in total. The molecule has 1 rings (SSSR count). The Bertz CT molecular complexity index is 335. The van der Waals surface area contributed by atoms with E-state index in [1.807, 2.05) is 19.1 Å². The molecule has 1 saturated carbocycles. The van der Waals surface area contributed by atoms with Gasteiger partial charge >= 0.3 is 0 Å². The molecule has 90 valence electrons. The molecule has 2 heteroatoms. The second kappa shape index (κ2) is 4.17. The van der Waals surface area contributed by atoms with Crippen molar-refractivity contribution in [1.29, 1.82) is 0 Å². The summed E-state index contributed by atoms with van der Waals surface area (Å²) in [5, 5.41) is 10.3. The summed E-state index contributed by atoms with van der Waals surface area (Å²) in [4.78, 5) is 11.8.